The third kappa shape index (κ3) is 1.92. The standard InChI is InChI=1S/C12H16N/c1-10(12-8-5-9-13-12)11-6-3-2-4-7-11/h2-4,6-7,10,12-13H,1,5,8-9H2. The van der Waals surface area contributed by atoms with Crippen LogP contribution in [0.25, 0.3) is 0 Å². The maximum absolute atomic E-state index is 4.23. The molecule has 2 atom stereocenters. The number of rotatable bonds is 2. The maximum atomic E-state index is 4.23. The fourth-order valence-electron chi connectivity index (χ4n) is 1.99. The molecule has 2 unspecified atom stereocenters. The van der Waals surface area contributed by atoms with Gasteiger partial charge >= 0.3 is 0 Å². The normalized spacial score (nSPS) is 24.5. The number of benzene rings is 1. The van der Waals surface area contributed by atoms with E-state index >= 15 is 0 Å². The summed E-state index contributed by atoms with van der Waals surface area (Å²) >= 11 is 0. The van der Waals surface area contributed by atoms with E-state index < -0.39 is 0 Å². The number of hydrogen-bond acceptors (Lipinski definition) is 1. The van der Waals surface area contributed by atoms with Gasteiger partial charge in [-0.3, -0.25) is 0 Å². The summed E-state index contributed by atoms with van der Waals surface area (Å²) in [6.45, 7) is 5.38. The van der Waals surface area contributed by atoms with Crippen molar-refractivity contribution in [1.29, 1.82) is 0 Å². The van der Waals surface area contributed by atoms with E-state index in [0.717, 1.165) is 6.54 Å². The van der Waals surface area contributed by atoms with Gasteiger partial charge in [0.05, 0.1) is 0 Å². The third-order valence-electron chi connectivity index (χ3n) is 2.81. The molecule has 0 aromatic heterocycles. The van der Waals surface area contributed by atoms with Crippen molar-refractivity contribution >= 4 is 0 Å². The van der Waals surface area contributed by atoms with Gasteiger partial charge < -0.3 is 5.32 Å². The average Bonchev–Trinajstić information content (AvgIpc) is 2.71. The zero-order valence-electron chi connectivity index (χ0n) is 7.87. The minimum Gasteiger partial charge on any atom is -0.313 e. The summed E-state index contributed by atoms with van der Waals surface area (Å²) in [5, 5.41) is 3.49. The van der Waals surface area contributed by atoms with Crippen molar-refractivity contribution in [3.05, 3.63) is 42.8 Å². The molecule has 1 N–H and O–H groups in total. The molecule has 2 rings (SSSR count). The van der Waals surface area contributed by atoms with Gasteiger partial charge in [-0.05, 0) is 37.8 Å². The van der Waals surface area contributed by atoms with Crippen LogP contribution >= 0.6 is 0 Å². The van der Waals surface area contributed by atoms with Crippen molar-refractivity contribution < 1.29 is 0 Å². The first-order valence-corrected chi connectivity index (χ1v) is 4.99. The van der Waals surface area contributed by atoms with E-state index in [2.05, 4.69) is 42.6 Å². The highest BCUT2D eigenvalue weighted by molar-refractivity contribution is 5.22. The molecule has 0 spiro atoms. The molecule has 13 heavy (non-hydrogen) atoms. The van der Waals surface area contributed by atoms with Crippen LogP contribution in [0.2, 0.25) is 0 Å². The maximum Gasteiger partial charge on any atom is 0.0136 e. The fourth-order valence-corrected chi connectivity index (χ4v) is 1.99. The first-order chi connectivity index (χ1) is 6.38. The largest absolute Gasteiger partial charge is 0.313 e. The number of hydrogen-bond donors (Lipinski definition) is 1. The molecule has 1 heterocycles. The van der Waals surface area contributed by atoms with Gasteiger partial charge in [0.25, 0.3) is 0 Å². The van der Waals surface area contributed by atoms with Crippen molar-refractivity contribution in [3.8, 4) is 0 Å². The SMILES string of the molecule is [CH2]C(c1ccccc1)C1CCCN1. The zero-order chi connectivity index (χ0) is 9.10. The molecule has 1 heteroatoms. The van der Waals surface area contributed by atoms with Crippen LogP contribution in [-0.2, 0) is 0 Å². The summed E-state index contributed by atoms with van der Waals surface area (Å²) in [7, 11) is 0. The highest BCUT2D eigenvalue weighted by Crippen LogP contribution is 2.23. The monoisotopic (exact) mass is 174 g/mol. The summed E-state index contributed by atoms with van der Waals surface area (Å²) in [6.07, 6.45) is 2.56. The van der Waals surface area contributed by atoms with Crippen LogP contribution in [0, 0.1) is 6.92 Å². The average molecular weight is 174 g/mol. The molecule has 0 bridgehead atoms. The van der Waals surface area contributed by atoms with E-state index in [1.165, 1.54) is 18.4 Å². The van der Waals surface area contributed by atoms with Gasteiger partial charge in [-0.1, -0.05) is 30.3 Å². The molecular formula is C12H16N. The Labute approximate surface area is 80.2 Å². The Morgan fingerprint density at radius 2 is 2.08 bits per heavy atom. The van der Waals surface area contributed by atoms with Crippen LogP contribution in [0.1, 0.15) is 24.3 Å². The molecule has 69 valence electrons. The molecule has 1 aliphatic rings. The summed E-state index contributed by atoms with van der Waals surface area (Å²) in [6, 6.07) is 11.1. The van der Waals surface area contributed by atoms with Crippen LogP contribution < -0.4 is 5.32 Å². The van der Waals surface area contributed by atoms with Crippen LogP contribution in [0.4, 0.5) is 0 Å². The summed E-state index contributed by atoms with van der Waals surface area (Å²) in [4.78, 5) is 0. The van der Waals surface area contributed by atoms with E-state index in [9.17, 15) is 0 Å². The Kier molecular flexibility index (Phi) is 2.65. The Hall–Kier alpha value is -0.820. The third-order valence-corrected chi connectivity index (χ3v) is 2.81. The quantitative estimate of drug-likeness (QED) is 0.725. The van der Waals surface area contributed by atoms with Crippen molar-refractivity contribution in [2.24, 2.45) is 0 Å². The topological polar surface area (TPSA) is 12.0 Å². The van der Waals surface area contributed by atoms with Gasteiger partial charge in [-0.25, -0.2) is 0 Å². The second-order valence-electron chi connectivity index (χ2n) is 3.72. The lowest BCUT2D eigenvalue weighted by Gasteiger charge is -2.19. The molecule has 1 radical (unpaired) electrons. The van der Waals surface area contributed by atoms with Crippen molar-refractivity contribution in [2.45, 2.75) is 24.8 Å². The summed E-state index contributed by atoms with van der Waals surface area (Å²) < 4.78 is 0. The van der Waals surface area contributed by atoms with Crippen molar-refractivity contribution in [1.82, 2.24) is 5.32 Å². The van der Waals surface area contributed by atoms with E-state index in [1.807, 2.05) is 0 Å². The van der Waals surface area contributed by atoms with Crippen LogP contribution in [0.15, 0.2) is 30.3 Å². The molecule has 1 saturated heterocycles. The first kappa shape index (κ1) is 8.76. The van der Waals surface area contributed by atoms with Crippen molar-refractivity contribution in [2.75, 3.05) is 6.54 Å². The van der Waals surface area contributed by atoms with Crippen LogP contribution in [0.3, 0.4) is 0 Å². The van der Waals surface area contributed by atoms with Gasteiger partial charge in [0.1, 0.15) is 0 Å². The molecule has 1 fully saturated rings. The van der Waals surface area contributed by atoms with Gasteiger partial charge in [0.15, 0.2) is 0 Å². The second kappa shape index (κ2) is 3.93. The van der Waals surface area contributed by atoms with Crippen LogP contribution in [0.5, 0.6) is 0 Å². The predicted molar refractivity (Wildman–Crippen MR) is 55.6 cm³/mol. The van der Waals surface area contributed by atoms with Gasteiger partial charge in [0.2, 0.25) is 0 Å². The Bertz CT molecular complexity index is 249. The molecule has 0 amide bonds. The molecule has 0 aliphatic carbocycles. The van der Waals surface area contributed by atoms with Gasteiger partial charge in [-0.2, -0.15) is 0 Å². The molecular weight excluding hydrogens is 158 g/mol. The fraction of sp³-hybridized carbons (Fsp3) is 0.417. The predicted octanol–water partition coefficient (Wildman–Crippen LogP) is 2.36. The molecule has 0 saturated carbocycles. The summed E-state index contributed by atoms with van der Waals surface area (Å²) in [5.41, 5.74) is 1.35. The van der Waals surface area contributed by atoms with Gasteiger partial charge in [-0.15, -0.1) is 0 Å². The first-order valence-electron chi connectivity index (χ1n) is 4.99. The number of nitrogens with one attached hydrogen (secondary N) is 1. The molecule has 1 aliphatic heterocycles. The lowest BCUT2D eigenvalue weighted by atomic mass is 9.92. The van der Waals surface area contributed by atoms with Gasteiger partial charge in [0, 0.05) is 6.04 Å². The highest BCUT2D eigenvalue weighted by Gasteiger charge is 2.21. The molecule has 1 aromatic rings. The van der Waals surface area contributed by atoms with E-state index in [-0.39, 0.29) is 0 Å². The Balaban J connectivity index is 2.08. The molecule has 1 nitrogen and oxygen atoms in total. The second-order valence-corrected chi connectivity index (χ2v) is 3.72. The molecule has 1 aromatic carbocycles. The Morgan fingerprint density at radius 3 is 2.69 bits per heavy atom. The lowest BCUT2D eigenvalue weighted by molar-refractivity contribution is 0.549. The summed E-state index contributed by atoms with van der Waals surface area (Å²) in [5.74, 6) is 0.406. The zero-order valence-corrected chi connectivity index (χ0v) is 7.87. The minimum atomic E-state index is 0.406. The minimum absolute atomic E-state index is 0.406. The van der Waals surface area contributed by atoms with Crippen LogP contribution in [-0.4, -0.2) is 12.6 Å². The van der Waals surface area contributed by atoms with Crippen molar-refractivity contribution in [3.63, 3.8) is 0 Å². The highest BCUT2D eigenvalue weighted by atomic mass is 14.9. The van der Waals surface area contributed by atoms with E-state index in [4.69, 9.17) is 0 Å². The Morgan fingerprint density at radius 1 is 1.31 bits per heavy atom. The smallest absolute Gasteiger partial charge is 0.0136 e. The lowest BCUT2D eigenvalue weighted by Crippen LogP contribution is -2.27. The van der Waals surface area contributed by atoms with E-state index in [0.29, 0.717) is 12.0 Å². The van der Waals surface area contributed by atoms with E-state index in [1.54, 1.807) is 0 Å².